The second kappa shape index (κ2) is 5.51. The Labute approximate surface area is 90.5 Å². The molecule has 16 heavy (non-hydrogen) atoms. The molecular formula is C8H14FNO6. The maximum Gasteiger partial charge on any atom is 0.251 e. The molecule has 1 aliphatic heterocycles. The molecule has 0 radical (unpaired) electrons. The van der Waals surface area contributed by atoms with Crippen molar-refractivity contribution in [3.63, 3.8) is 0 Å². The monoisotopic (exact) mass is 238 g/mol. The molecule has 0 saturated carbocycles. The van der Waals surface area contributed by atoms with E-state index in [4.69, 9.17) is 9.84 Å². The topological polar surface area (TPSA) is 119 Å². The molecule has 94 valence electrons. The standard InChI is InChI=1S/C8H14FNO6/c9-1-4(12)10-5-7(14)6(13)3(2-11)16-8(5)15/h3,5-8,11,13-15H,1-2H2,(H,10,12)/i9-1. The molecule has 1 rings (SSSR count). The lowest BCUT2D eigenvalue weighted by Gasteiger charge is -2.40. The molecule has 7 nitrogen and oxygen atoms in total. The summed E-state index contributed by atoms with van der Waals surface area (Å²) in [5, 5.41) is 39.0. The molecule has 5 N–H and O–H groups in total. The van der Waals surface area contributed by atoms with Gasteiger partial charge in [0, 0.05) is 0 Å². The molecule has 0 aromatic carbocycles. The van der Waals surface area contributed by atoms with Crippen LogP contribution in [0.15, 0.2) is 0 Å². The minimum absolute atomic E-state index is 0.598. The SMILES string of the molecule is O=C(C[18F])NC1C(O)OC(CO)C(O)C1O. The zero-order chi connectivity index (χ0) is 12.3. The third-order valence-electron chi connectivity index (χ3n) is 2.35. The second-order valence-corrected chi connectivity index (χ2v) is 3.46. The summed E-state index contributed by atoms with van der Waals surface area (Å²) in [6, 6.07) is -1.33. The maximum absolute atomic E-state index is 11.9. The van der Waals surface area contributed by atoms with Crippen LogP contribution >= 0.6 is 0 Å². The number of alkyl halides is 1. The zero-order valence-corrected chi connectivity index (χ0v) is 8.28. The van der Waals surface area contributed by atoms with Crippen LogP contribution in [0.2, 0.25) is 0 Å². The highest BCUT2D eigenvalue weighted by Gasteiger charge is 2.44. The van der Waals surface area contributed by atoms with Crippen LogP contribution in [0.4, 0.5) is 4.39 Å². The Morgan fingerprint density at radius 2 is 1.94 bits per heavy atom. The Kier molecular flexibility index (Phi) is 4.56. The van der Waals surface area contributed by atoms with Crippen LogP contribution in [0.1, 0.15) is 0 Å². The Bertz CT molecular complexity index is 253. The van der Waals surface area contributed by atoms with E-state index in [1.807, 2.05) is 5.32 Å². The molecule has 5 unspecified atom stereocenters. The van der Waals surface area contributed by atoms with Crippen molar-refractivity contribution in [2.24, 2.45) is 0 Å². The Balaban J connectivity index is 2.67. The number of aliphatic hydroxyl groups is 4. The van der Waals surface area contributed by atoms with E-state index in [1.165, 1.54) is 0 Å². The van der Waals surface area contributed by atoms with Gasteiger partial charge in [0.1, 0.15) is 24.4 Å². The largest absolute Gasteiger partial charge is 0.394 e. The minimum Gasteiger partial charge on any atom is -0.394 e. The van der Waals surface area contributed by atoms with Crippen LogP contribution in [0, 0.1) is 0 Å². The molecule has 0 aromatic rings. The first-order valence-corrected chi connectivity index (χ1v) is 4.67. The molecule has 5 atom stereocenters. The first kappa shape index (κ1) is 13.3. The lowest BCUT2D eigenvalue weighted by Crippen LogP contribution is -2.64. The van der Waals surface area contributed by atoms with E-state index < -0.39 is 49.8 Å². The Morgan fingerprint density at radius 1 is 1.31 bits per heavy atom. The highest BCUT2D eigenvalue weighted by molar-refractivity contribution is 5.77. The summed E-state index contributed by atoms with van der Waals surface area (Å²) >= 11 is 0. The van der Waals surface area contributed by atoms with Gasteiger partial charge in [0.05, 0.1) is 6.61 Å². The fourth-order valence-electron chi connectivity index (χ4n) is 1.48. The second-order valence-electron chi connectivity index (χ2n) is 3.46. The average molecular weight is 238 g/mol. The van der Waals surface area contributed by atoms with Gasteiger partial charge < -0.3 is 30.5 Å². The molecule has 0 bridgehead atoms. The predicted molar refractivity (Wildman–Crippen MR) is 47.9 cm³/mol. The van der Waals surface area contributed by atoms with Gasteiger partial charge in [-0.2, -0.15) is 0 Å². The van der Waals surface area contributed by atoms with E-state index in [2.05, 4.69) is 0 Å². The number of rotatable bonds is 3. The van der Waals surface area contributed by atoms with Crippen LogP contribution < -0.4 is 5.32 Å². The minimum atomic E-state index is -1.62. The van der Waals surface area contributed by atoms with Gasteiger partial charge in [0.25, 0.3) is 5.91 Å². The number of carbonyl (C=O) groups excluding carboxylic acids is 1. The highest BCUT2D eigenvalue weighted by atomic mass is 18.2. The van der Waals surface area contributed by atoms with Crippen LogP contribution in [0.25, 0.3) is 0 Å². The summed E-state index contributed by atoms with van der Waals surface area (Å²) in [6.07, 6.45) is -5.79. The van der Waals surface area contributed by atoms with Crippen LogP contribution in [-0.4, -0.2) is 70.3 Å². The van der Waals surface area contributed by atoms with Crippen molar-refractivity contribution in [1.29, 1.82) is 0 Å². The zero-order valence-electron chi connectivity index (χ0n) is 8.28. The predicted octanol–water partition coefficient (Wildman–Crippen LogP) is -3.13. The van der Waals surface area contributed by atoms with Gasteiger partial charge in [0.2, 0.25) is 0 Å². The molecule has 1 saturated heterocycles. The van der Waals surface area contributed by atoms with Crippen molar-refractivity contribution < 1.29 is 34.3 Å². The summed E-state index contributed by atoms with van der Waals surface area (Å²) in [4.78, 5) is 10.7. The Morgan fingerprint density at radius 3 is 2.44 bits per heavy atom. The van der Waals surface area contributed by atoms with Crippen LogP contribution in [0.5, 0.6) is 0 Å². The van der Waals surface area contributed by atoms with Crippen molar-refractivity contribution >= 4 is 5.91 Å². The third-order valence-corrected chi connectivity index (χ3v) is 2.35. The van der Waals surface area contributed by atoms with Crippen molar-refractivity contribution in [2.75, 3.05) is 13.3 Å². The van der Waals surface area contributed by atoms with Crippen molar-refractivity contribution in [2.45, 2.75) is 30.6 Å². The van der Waals surface area contributed by atoms with E-state index in [0.717, 1.165) is 0 Å². The van der Waals surface area contributed by atoms with Crippen molar-refractivity contribution in [3.05, 3.63) is 0 Å². The maximum atomic E-state index is 11.9. The van der Waals surface area contributed by atoms with Gasteiger partial charge >= 0.3 is 0 Å². The number of carbonyl (C=O) groups is 1. The van der Waals surface area contributed by atoms with E-state index in [9.17, 15) is 24.5 Å². The molecule has 1 heterocycles. The lowest BCUT2D eigenvalue weighted by atomic mass is 9.97. The summed E-state index contributed by atoms with van der Waals surface area (Å²) in [5.74, 6) is -1.04. The lowest BCUT2D eigenvalue weighted by molar-refractivity contribution is -0.253. The molecule has 1 fully saturated rings. The van der Waals surface area contributed by atoms with Crippen LogP contribution in [-0.2, 0) is 9.53 Å². The van der Waals surface area contributed by atoms with Gasteiger partial charge in [-0.1, -0.05) is 0 Å². The fourth-order valence-corrected chi connectivity index (χ4v) is 1.48. The summed E-state index contributed by atoms with van der Waals surface area (Å²) in [5.41, 5.74) is 0. The quantitative estimate of drug-likeness (QED) is 0.355. The molecule has 1 amide bonds. The first-order chi connectivity index (χ1) is 7.51. The molecule has 1 aliphatic rings. The number of amides is 1. The number of hydrogen-bond acceptors (Lipinski definition) is 6. The van der Waals surface area contributed by atoms with Gasteiger partial charge in [0.15, 0.2) is 13.0 Å². The molecule has 0 aliphatic carbocycles. The van der Waals surface area contributed by atoms with Gasteiger partial charge in [-0.25, -0.2) is 4.39 Å². The van der Waals surface area contributed by atoms with E-state index in [1.54, 1.807) is 0 Å². The van der Waals surface area contributed by atoms with Crippen molar-refractivity contribution in [3.8, 4) is 0 Å². The first-order valence-electron chi connectivity index (χ1n) is 4.67. The molecule has 0 aromatic heterocycles. The summed E-state index contributed by atoms with van der Waals surface area (Å²) in [7, 11) is 0. The molecule has 0 spiro atoms. The summed E-state index contributed by atoms with van der Waals surface area (Å²) in [6.45, 7) is -1.91. The van der Waals surface area contributed by atoms with E-state index in [0.29, 0.717) is 0 Å². The molecular weight excluding hydrogens is 224 g/mol. The third kappa shape index (κ3) is 2.66. The van der Waals surface area contributed by atoms with Gasteiger partial charge in [-0.15, -0.1) is 0 Å². The smallest absolute Gasteiger partial charge is 0.251 e. The fraction of sp³-hybridized carbons (Fsp3) is 0.875. The number of aliphatic hydroxyl groups excluding tert-OH is 4. The van der Waals surface area contributed by atoms with Crippen molar-refractivity contribution in [1.82, 2.24) is 5.32 Å². The number of hydrogen-bond donors (Lipinski definition) is 5. The molecule has 8 heteroatoms. The van der Waals surface area contributed by atoms with Gasteiger partial charge in [-0.05, 0) is 0 Å². The van der Waals surface area contributed by atoms with Crippen LogP contribution in [0.3, 0.4) is 0 Å². The van der Waals surface area contributed by atoms with E-state index in [-0.39, 0.29) is 0 Å². The Hall–Kier alpha value is -0.800. The van der Waals surface area contributed by atoms with Gasteiger partial charge in [-0.3, -0.25) is 4.79 Å². The number of nitrogens with one attached hydrogen (secondary N) is 1. The number of ether oxygens (including phenoxy) is 1. The summed E-state index contributed by atoms with van der Waals surface area (Å²) < 4.78 is 16.7. The number of halogens is 1. The highest BCUT2D eigenvalue weighted by Crippen LogP contribution is 2.19. The normalized spacial score (nSPS) is 39.4. The average Bonchev–Trinajstić information content (AvgIpc) is 2.28. The van der Waals surface area contributed by atoms with E-state index >= 15 is 0 Å².